The number of carbonyl (C=O) groups is 1. The first-order chi connectivity index (χ1) is 12.3. The summed E-state index contributed by atoms with van der Waals surface area (Å²) in [6, 6.07) is 12.2. The maximum absolute atomic E-state index is 12.9. The number of hydrogen-bond acceptors (Lipinski definition) is 3. The van der Waals surface area contributed by atoms with Gasteiger partial charge in [0.05, 0.1) is 11.1 Å². The molecule has 2 aromatic rings. The standard InChI is InChI=1S/C19H19F3N2O2/c20-19(21,22)16-2-1-3-17(12-16)24-10-8-23(9-11-24)13-14-4-6-15(7-5-14)18(25)26/h1-7,12H,8-11,13H2,(H,25,26). The van der Waals surface area contributed by atoms with Crippen LogP contribution in [-0.4, -0.2) is 42.2 Å². The SMILES string of the molecule is O=C(O)c1ccc(CN2CCN(c3cccc(C(F)(F)F)c3)CC2)cc1. The molecule has 1 N–H and O–H groups in total. The van der Waals surface area contributed by atoms with Crippen LogP contribution in [0.3, 0.4) is 0 Å². The predicted molar refractivity (Wildman–Crippen MR) is 92.3 cm³/mol. The van der Waals surface area contributed by atoms with Gasteiger partial charge in [-0.05, 0) is 35.9 Å². The fourth-order valence-electron chi connectivity index (χ4n) is 3.05. The van der Waals surface area contributed by atoms with Crippen molar-refractivity contribution in [3.05, 3.63) is 65.2 Å². The number of halogens is 3. The van der Waals surface area contributed by atoms with Crippen LogP contribution in [0.25, 0.3) is 0 Å². The maximum atomic E-state index is 12.9. The Balaban J connectivity index is 1.58. The molecule has 7 heteroatoms. The Morgan fingerprint density at radius 2 is 1.65 bits per heavy atom. The van der Waals surface area contributed by atoms with Crippen LogP contribution in [0, 0.1) is 0 Å². The Morgan fingerprint density at radius 3 is 2.23 bits per heavy atom. The van der Waals surface area contributed by atoms with E-state index < -0.39 is 17.7 Å². The van der Waals surface area contributed by atoms with Gasteiger partial charge in [0.25, 0.3) is 0 Å². The van der Waals surface area contributed by atoms with Crippen LogP contribution in [0.15, 0.2) is 48.5 Å². The Morgan fingerprint density at radius 1 is 1.00 bits per heavy atom. The van der Waals surface area contributed by atoms with Crippen molar-refractivity contribution >= 4 is 11.7 Å². The highest BCUT2D eigenvalue weighted by Crippen LogP contribution is 2.31. The van der Waals surface area contributed by atoms with Crippen molar-refractivity contribution < 1.29 is 23.1 Å². The summed E-state index contributed by atoms with van der Waals surface area (Å²) in [5.41, 5.74) is 1.23. The Labute approximate surface area is 149 Å². The molecule has 26 heavy (non-hydrogen) atoms. The first-order valence-corrected chi connectivity index (χ1v) is 8.30. The highest BCUT2D eigenvalue weighted by molar-refractivity contribution is 5.87. The van der Waals surface area contributed by atoms with Crippen molar-refractivity contribution in [3.63, 3.8) is 0 Å². The van der Waals surface area contributed by atoms with Crippen molar-refractivity contribution in [2.45, 2.75) is 12.7 Å². The molecule has 0 bridgehead atoms. The largest absolute Gasteiger partial charge is 0.478 e. The number of carboxylic acid groups (broad SMARTS) is 1. The molecule has 1 heterocycles. The summed E-state index contributed by atoms with van der Waals surface area (Å²) in [5.74, 6) is -0.953. The summed E-state index contributed by atoms with van der Waals surface area (Å²) < 4.78 is 38.6. The van der Waals surface area contributed by atoms with Gasteiger partial charge in [-0.2, -0.15) is 13.2 Å². The number of hydrogen-bond donors (Lipinski definition) is 1. The smallest absolute Gasteiger partial charge is 0.416 e. The normalized spacial score (nSPS) is 15.9. The summed E-state index contributed by atoms with van der Waals surface area (Å²) in [4.78, 5) is 15.0. The molecule has 0 aromatic heterocycles. The van der Waals surface area contributed by atoms with Gasteiger partial charge in [-0.15, -0.1) is 0 Å². The van der Waals surface area contributed by atoms with E-state index in [-0.39, 0.29) is 5.56 Å². The summed E-state index contributed by atoms with van der Waals surface area (Å²) in [6.07, 6.45) is -4.33. The number of benzene rings is 2. The van der Waals surface area contributed by atoms with Gasteiger partial charge in [0, 0.05) is 38.4 Å². The highest BCUT2D eigenvalue weighted by Gasteiger charge is 2.31. The Hall–Kier alpha value is -2.54. The molecule has 0 saturated carbocycles. The minimum absolute atomic E-state index is 0.253. The molecule has 0 aliphatic carbocycles. The van der Waals surface area contributed by atoms with Gasteiger partial charge in [0.2, 0.25) is 0 Å². The molecule has 0 spiro atoms. The molecule has 138 valence electrons. The van der Waals surface area contributed by atoms with Gasteiger partial charge in [-0.25, -0.2) is 4.79 Å². The van der Waals surface area contributed by atoms with Gasteiger partial charge in [-0.3, -0.25) is 4.90 Å². The summed E-state index contributed by atoms with van der Waals surface area (Å²) >= 11 is 0. The quantitative estimate of drug-likeness (QED) is 0.898. The summed E-state index contributed by atoms with van der Waals surface area (Å²) in [7, 11) is 0. The third kappa shape index (κ3) is 4.35. The van der Waals surface area contributed by atoms with E-state index in [0.717, 1.165) is 24.7 Å². The van der Waals surface area contributed by atoms with E-state index in [9.17, 15) is 18.0 Å². The van der Waals surface area contributed by atoms with Gasteiger partial charge < -0.3 is 10.0 Å². The van der Waals surface area contributed by atoms with E-state index in [1.807, 2.05) is 4.90 Å². The van der Waals surface area contributed by atoms with E-state index in [2.05, 4.69) is 4.90 Å². The van der Waals surface area contributed by atoms with Crippen molar-refractivity contribution in [2.75, 3.05) is 31.1 Å². The second kappa shape index (κ2) is 7.37. The second-order valence-corrected chi connectivity index (χ2v) is 6.31. The topological polar surface area (TPSA) is 43.8 Å². The van der Waals surface area contributed by atoms with Crippen LogP contribution < -0.4 is 4.90 Å². The molecule has 0 radical (unpaired) electrons. The van der Waals surface area contributed by atoms with E-state index in [1.54, 1.807) is 30.3 Å². The molecule has 1 aliphatic heterocycles. The number of nitrogens with zero attached hydrogens (tertiary/aromatic N) is 2. The molecule has 2 aromatic carbocycles. The molecular weight excluding hydrogens is 345 g/mol. The summed E-state index contributed by atoms with van der Waals surface area (Å²) in [5, 5.41) is 8.92. The number of aromatic carboxylic acids is 1. The van der Waals surface area contributed by atoms with Crippen molar-refractivity contribution in [1.29, 1.82) is 0 Å². The molecule has 4 nitrogen and oxygen atoms in total. The highest BCUT2D eigenvalue weighted by atomic mass is 19.4. The fraction of sp³-hybridized carbons (Fsp3) is 0.316. The average Bonchev–Trinajstić information content (AvgIpc) is 2.62. The van der Waals surface area contributed by atoms with Crippen molar-refractivity contribution in [1.82, 2.24) is 4.90 Å². The number of carboxylic acids is 1. The maximum Gasteiger partial charge on any atom is 0.416 e. The predicted octanol–water partition coefficient (Wildman–Crippen LogP) is 3.73. The monoisotopic (exact) mass is 364 g/mol. The average molecular weight is 364 g/mol. The molecule has 3 rings (SSSR count). The lowest BCUT2D eigenvalue weighted by Gasteiger charge is -2.36. The molecule has 0 unspecified atom stereocenters. The second-order valence-electron chi connectivity index (χ2n) is 6.31. The number of rotatable bonds is 4. The lowest BCUT2D eigenvalue weighted by Crippen LogP contribution is -2.46. The van der Waals surface area contributed by atoms with Crippen molar-refractivity contribution in [3.8, 4) is 0 Å². The molecule has 0 amide bonds. The van der Waals surface area contributed by atoms with E-state index in [1.165, 1.54) is 12.1 Å². The number of piperazine rings is 1. The minimum atomic E-state index is -4.33. The van der Waals surface area contributed by atoms with Crippen LogP contribution in [0.1, 0.15) is 21.5 Å². The fourth-order valence-corrected chi connectivity index (χ4v) is 3.05. The number of alkyl halides is 3. The zero-order valence-electron chi connectivity index (χ0n) is 14.0. The van der Waals surface area contributed by atoms with E-state index in [0.29, 0.717) is 25.3 Å². The van der Waals surface area contributed by atoms with E-state index in [4.69, 9.17) is 5.11 Å². The van der Waals surface area contributed by atoms with Crippen LogP contribution in [-0.2, 0) is 12.7 Å². The lowest BCUT2D eigenvalue weighted by atomic mass is 10.1. The first kappa shape index (κ1) is 18.3. The zero-order valence-corrected chi connectivity index (χ0v) is 14.0. The van der Waals surface area contributed by atoms with Gasteiger partial charge in [0.1, 0.15) is 0 Å². The van der Waals surface area contributed by atoms with Crippen LogP contribution in [0.5, 0.6) is 0 Å². The van der Waals surface area contributed by atoms with Gasteiger partial charge in [0.15, 0.2) is 0 Å². The van der Waals surface area contributed by atoms with Crippen LogP contribution >= 0.6 is 0 Å². The molecule has 1 fully saturated rings. The number of anilines is 1. The van der Waals surface area contributed by atoms with Crippen LogP contribution in [0.2, 0.25) is 0 Å². The third-order valence-electron chi connectivity index (χ3n) is 4.52. The lowest BCUT2D eigenvalue weighted by molar-refractivity contribution is -0.137. The molecule has 0 atom stereocenters. The molecule has 1 saturated heterocycles. The van der Waals surface area contributed by atoms with Gasteiger partial charge >= 0.3 is 12.1 Å². The first-order valence-electron chi connectivity index (χ1n) is 8.30. The summed E-state index contributed by atoms with van der Waals surface area (Å²) in [6.45, 7) is 3.45. The van der Waals surface area contributed by atoms with Gasteiger partial charge in [-0.1, -0.05) is 18.2 Å². The zero-order chi connectivity index (χ0) is 18.7. The Bertz CT molecular complexity index is 767. The minimum Gasteiger partial charge on any atom is -0.478 e. The molecule has 1 aliphatic rings. The van der Waals surface area contributed by atoms with Crippen LogP contribution in [0.4, 0.5) is 18.9 Å². The Kier molecular flexibility index (Phi) is 5.18. The third-order valence-corrected chi connectivity index (χ3v) is 4.52. The van der Waals surface area contributed by atoms with Crippen molar-refractivity contribution in [2.24, 2.45) is 0 Å². The molecular formula is C19H19F3N2O2. The van der Waals surface area contributed by atoms with E-state index >= 15 is 0 Å².